The Morgan fingerprint density at radius 2 is 1.89 bits per heavy atom. The molecule has 1 unspecified atom stereocenters. The summed E-state index contributed by atoms with van der Waals surface area (Å²) in [5.74, 6) is -1.31. The molecule has 95 valence electrons. The monoisotopic (exact) mass is 261 g/mol. The maximum absolute atomic E-state index is 11.6. The van der Waals surface area contributed by atoms with Gasteiger partial charge in [-0.1, -0.05) is 19.9 Å². The van der Waals surface area contributed by atoms with E-state index in [0.717, 1.165) is 0 Å². The van der Waals surface area contributed by atoms with E-state index in [0.29, 0.717) is 5.57 Å². The SMILES string of the molecule is COC1C(C)=C(C(C)=O)C(C(=O)O)=CC1(C)C.[Na]. The molecular weight excluding hydrogens is 243 g/mol. The molecule has 0 heterocycles. The van der Waals surface area contributed by atoms with Crippen molar-refractivity contribution in [1.29, 1.82) is 0 Å². The summed E-state index contributed by atoms with van der Waals surface area (Å²) < 4.78 is 5.38. The van der Waals surface area contributed by atoms with Crippen LogP contribution in [0.1, 0.15) is 27.7 Å². The second-order valence-corrected chi connectivity index (χ2v) is 4.91. The van der Waals surface area contributed by atoms with Crippen molar-refractivity contribution < 1.29 is 19.4 Å². The largest absolute Gasteiger partial charge is 0.478 e. The first-order valence-corrected chi connectivity index (χ1v) is 5.43. The number of carbonyl (C=O) groups is 2. The summed E-state index contributed by atoms with van der Waals surface area (Å²) in [4.78, 5) is 22.8. The molecule has 0 bridgehead atoms. The molecular formula is C13H18NaO4. The van der Waals surface area contributed by atoms with Crippen LogP contribution in [0.3, 0.4) is 0 Å². The van der Waals surface area contributed by atoms with E-state index in [1.165, 1.54) is 6.92 Å². The molecule has 0 fully saturated rings. The van der Waals surface area contributed by atoms with Crippen LogP contribution in [0.15, 0.2) is 22.8 Å². The third kappa shape index (κ3) is 3.12. The molecule has 1 N–H and O–H groups in total. The third-order valence-electron chi connectivity index (χ3n) is 3.07. The zero-order valence-electron chi connectivity index (χ0n) is 11.8. The molecule has 0 saturated carbocycles. The van der Waals surface area contributed by atoms with Crippen molar-refractivity contribution in [3.05, 3.63) is 22.8 Å². The zero-order valence-corrected chi connectivity index (χ0v) is 13.8. The minimum absolute atomic E-state index is 0. The van der Waals surface area contributed by atoms with Gasteiger partial charge in [0.05, 0.1) is 11.7 Å². The summed E-state index contributed by atoms with van der Waals surface area (Å²) in [5, 5.41) is 9.17. The van der Waals surface area contributed by atoms with Gasteiger partial charge in [0.15, 0.2) is 5.78 Å². The van der Waals surface area contributed by atoms with Gasteiger partial charge in [0.1, 0.15) is 0 Å². The zero-order chi connectivity index (χ0) is 13.4. The number of aliphatic carboxylic acids is 1. The molecule has 18 heavy (non-hydrogen) atoms. The Morgan fingerprint density at radius 3 is 2.22 bits per heavy atom. The number of ether oxygens (including phenoxy) is 1. The minimum atomic E-state index is -1.07. The van der Waals surface area contributed by atoms with Crippen molar-refractivity contribution in [1.82, 2.24) is 0 Å². The van der Waals surface area contributed by atoms with E-state index in [1.807, 2.05) is 13.8 Å². The van der Waals surface area contributed by atoms with Crippen molar-refractivity contribution >= 4 is 41.3 Å². The van der Waals surface area contributed by atoms with E-state index < -0.39 is 11.4 Å². The molecule has 1 rings (SSSR count). The van der Waals surface area contributed by atoms with E-state index in [2.05, 4.69) is 0 Å². The third-order valence-corrected chi connectivity index (χ3v) is 3.07. The first kappa shape index (κ1) is 17.6. The molecule has 5 heteroatoms. The molecule has 1 aliphatic rings. The summed E-state index contributed by atoms with van der Waals surface area (Å²) >= 11 is 0. The molecule has 1 atom stereocenters. The van der Waals surface area contributed by atoms with Gasteiger partial charge >= 0.3 is 5.97 Å². The molecule has 0 aromatic rings. The van der Waals surface area contributed by atoms with Crippen LogP contribution in [0.5, 0.6) is 0 Å². The van der Waals surface area contributed by atoms with Crippen molar-refractivity contribution in [3.63, 3.8) is 0 Å². The van der Waals surface area contributed by atoms with Crippen LogP contribution < -0.4 is 0 Å². The van der Waals surface area contributed by atoms with Crippen molar-refractivity contribution in [2.45, 2.75) is 33.8 Å². The molecule has 0 amide bonds. The van der Waals surface area contributed by atoms with Gasteiger partial charge < -0.3 is 9.84 Å². The quantitative estimate of drug-likeness (QED) is 0.783. The van der Waals surface area contributed by atoms with E-state index in [9.17, 15) is 14.7 Å². The van der Waals surface area contributed by atoms with Gasteiger partial charge in [0.2, 0.25) is 0 Å². The van der Waals surface area contributed by atoms with Crippen LogP contribution in [-0.2, 0) is 14.3 Å². The van der Waals surface area contributed by atoms with E-state index >= 15 is 0 Å². The maximum atomic E-state index is 11.6. The predicted octanol–water partition coefficient (Wildman–Crippen LogP) is 1.58. The van der Waals surface area contributed by atoms with Crippen LogP contribution in [0.25, 0.3) is 0 Å². The summed E-state index contributed by atoms with van der Waals surface area (Å²) in [7, 11) is 1.56. The van der Waals surface area contributed by atoms with Gasteiger partial charge in [-0.3, -0.25) is 4.79 Å². The topological polar surface area (TPSA) is 63.6 Å². The number of ketones is 1. The van der Waals surface area contributed by atoms with Crippen molar-refractivity contribution in [3.8, 4) is 0 Å². The van der Waals surface area contributed by atoms with E-state index in [1.54, 1.807) is 20.1 Å². The van der Waals surface area contributed by atoms with Crippen molar-refractivity contribution in [2.24, 2.45) is 5.41 Å². The minimum Gasteiger partial charge on any atom is -0.478 e. The van der Waals surface area contributed by atoms with Crippen LogP contribution in [0, 0.1) is 5.41 Å². The number of hydrogen-bond acceptors (Lipinski definition) is 3. The Kier molecular flexibility index (Phi) is 6.01. The number of rotatable bonds is 3. The van der Waals surface area contributed by atoms with E-state index in [4.69, 9.17) is 4.74 Å². The number of carboxylic acids is 1. The van der Waals surface area contributed by atoms with Crippen LogP contribution in [0.2, 0.25) is 0 Å². The average Bonchev–Trinajstić information content (AvgIpc) is 2.14. The second kappa shape index (κ2) is 6.15. The van der Waals surface area contributed by atoms with Gasteiger partial charge in [-0.25, -0.2) is 4.79 Å². The number of methoxy groups -OCH3 is 1. The van der Waals surface area contributed by atoms with Crippen molar-refractivity contribution in [2.75, 3.05) is 7.11 Å². The Labute approximate surface area is 129 Å². The molecule has 0 spiro atoms. The number of hydrogen-bond donors (Lipinski definition) is 1. The number of carbonyl (C=O) groups excluding carboxylic acids is 1. The van der Waals surface area contributed by atoms with E-state index in [-0.39, 0.29) is 52.6 Å². The summed E-state index contributed by atoms with van der Waals surface area (Å²) in [6.45, 7) is 6.91. The molecule has 0 aromatic carbocycles. The predicted molar refractivity (Wildman–Crippen MR) is 69.4 cm³/mol. The Hall–Kier alpha value is -0.420. The van der Waals surface area contributed by atoms with Crippen LogP contribution in [0.4, 0.5) is 0 Å². The van der Waals surface area contributed by atoms with Crippen LogP contribution in [-0.4, -0.2) is 59.6 Å². The molecule has 1 radical (unpaired) electrons. The van der Waals surface area contributed by atoms with Gasteiger partial charge in [0, 0.05) is 47.7 Å². The Bertz CT molecular complexity index is 432. The fourth-order valence-electron chi connectivity index (χ4n) is 2.54. The molecule has 0 aromatic heterocycles. The second-order valence-electron chi connectivity index (χ2n) is 4.91. The van der Waals surface area contributed by atoms with Gasteiger partial charge in [0.25, 0.3) is 0 Å². The molecule has 1 aliphatic carbocycles. The Balaban J connectivity index is 0.00000289. The molecule has 0 saturated heterocycles. The standard InChI is InChI=1S/C13H18O4.Na/c1-7-10(8(2)14)9(12(15)16)6-13(3,4)11(7)17-5;/h6,11H,1-5H3,(H,15,16);. The fraction of sp³-hybridized carbons (Fsp3) is 0.538. The number of Topliss-reactive ketones (excluding diaryl/α,β-unsaturated/α-hetero) is 1. The fourth-order valence-corrected chi connectivity index (χ4v) is 2.54. The van der Waals surface area contributed by atoms with Gasteiger partial charge in [-0.2, -0.15) is 0 Å². The van der Waals surface area contributed by atoms with Crippen LogP contribution >= 0.6 is 0 Å². The normalized spacial score (nSPS) is 22.1. The summed E-state index contributed by atoms with van der Waals surface area (Å²) in [5.41, 5.74) is 0.591. The molecule has 4 nitrogen and oxygen atoms in total. The first-order chi connectivity index (χ1) is 7.72. The Morgan fingerprint density at radius 1 is 1.39 bits per heavy atom. The maximum Gasteiger partial charge on any atom is 0.336 e. The van der Waals surface area contributed by atoms with Gasteiger partial charge in [-0.15, -0.1) is 0 Å². The van der Waals surface area contributed by atoms with Gasteiger partial charge in [-0.05, 0) is 19.4 Å². The smallest absolute Gasteiger partial charge is 0.336 e. The summed E-state index contributed by atoms with van der Waals surface area (Å²) in [6.07, 6.45) is 1.33. The average molecular weight is 261 g/mol. The number of carboxylic acid groups (broad SMARTS) is 1. The molecule has 0 aliphatic heterocycles. The summed E-state index contributed by atoms with van der Waals surface area (Å²) in [6, 6.07) is 0. The first-order valence-electron chi connectivity index (χ1n) is 5.43.